The van der Waals surface area contributed by atoms with Gasteiger partial charge in [-0.3, -0.25) is 0 Å². The molecule has 7 nitrogen and oxygen atoms in total. The molecule has 36 heavy (non-hydrogen) atoms. The van der Waals surface area contributed by atoms with Gasteiger partial charge in [-0.05, 0) is 58.8 Å². The van der Waals surface area contributed by atoms with Gasteiger partial charge in [0, 0.05) is 22.7 Å². The summed E-state index contributed by atoms with van der Waals surface area (Å²) in [6.45, 7) is 0.750. The molecule has 0 aliphatic carbocycles. The molecule has 0 radical (unpaired) electrons. The number of oxazole rings is 1. The molecule has 0 spiro atoms. The predicted molar refractivity (Wildman–Crippen MR) is 131 cm³/mol. The molecule has 12 heteroatoms. The van der Waals surface area contributed by atoms with E-state index in [1.165, 1.54) is 18.4 Å². The maximum absolute atomic E-state index is 12.4. The minimum absolute atomic E-state index is 0.125. The van der Waals surface area contributed by atoms with Crippen molar-refractivity contribution in [1.29, 1.82) is 0 Å². The van der Waals surface area contributed by atoms with E-state index in [0.29, 0.717) is 35.4 Å². The number of thioether (sulfide) groups is 1. The lowest BCUT2D eigenvalue weighted by molar-refractivity contribution is -0.0328. The number of halogens is 3. The van der Waals surface area contributed by atoms with Gasteiger partial charge in [0.2, 0.25) is 5.89 Å². The smallest absolute Gasteiger partial charge is 0.446 e. The normalized spacial score (nSPS) is 12.8. The maximum Gasteiger partial charge on any atom is 0.446 e. The van der Waals surface area contributed by atoms with Crippen LogP contribution in [0.4, 0.5) is 13.2 Å². The van der Waals surface area contributed by atoms with Gasteiger partial charge >= 0.3 is 5.51 Å². The third-order valence-electron chi connectivity index (χ3n) is 4.76. The molecule has 0 N–H and O–H groups in total. The zero-order valence-electron chi connectivity index (χ0n) is 18.8. The summed E-state index contributed by atoms with van der Waals surface area (Å²) in [4.78, 5) is 4.45. The maximum atomic E-state index is 12.4. The highest BCUT2D eigenvalue weighted by atomic mass is 32.2. The van der Waals surface area contributed by atoms with Crippen LogP contribution < -0.4 is 4.74 Å². The number of hydrogen-bond donors (Lipinski definition) is 0. The van der Waals surface area contributed by atoms with Crippen LogP contribution in [0.1, 0.15) is 22.7 Å². The first-order valence-electron chi connectivity index (χ1n) is 10.7. The van der Waals surface area contributed by atoms with Crippen LogP contribution in [0.5, 0.6) is 5.75 Å². The Morgan fingerprint density at radius 3 is 2.56 bits per heavy atom. The van der Waals surface area contributed by atoms with Crippen molar-refractivity contribution in [2.24, 2.45) is 0 Å². The van der Waals surface area contributed by atoms with Crippen LogP contribution in [0.3, 0.4) is 0 Å². The number of alkyl halides is 3. The molecule has 0 saturated heterocycles. The number of rotatable bonds is 11. The van der Waals surface area contributed by atoms with Gasteiger partial charge in [-0.1, -0.05) is 29.5 Å². The van der Waals surface area contributed by atoms with Gasteiger partial charge in [0.25, 0.3) is 0 Å². The van der Waals surface area contributed by atoms with Crippen molar-refractivity contribution in [2.75, 3.05) is 5.75 Å². The van der Waals surface area contributed by atoms with Crippen molar-refractivity contribution in [3.63, 3.8) is 0 Å². The lowest BCUT2D eigenvalue weighted by atomic mass is 10.2. The minimum atomic E-state index is -4.31. The summed E-state index contributed by atoms with van der Waals surface area (Å²) in [5.74, 6) is 1.93. The van der Waals surface area contributed by atoms with Crippen molar-refractivity contribution in [1.82, 2.24) is 20.0 Å². The van der Waals surface area contributed by atoms with E-state index in [4.69, 9.17) is 9.15 Å². The lowest BCUT2D eigenvalue weighted by Gasteiger charge is -2.11. The summed E-state index contributed by atoms with van der Waals surface area (Å²) in [7, 11) is 0. The molecule has 0 amide bonds. The molecule has 1 atom stereocenters. The molecule has 2 aromatic heterocycles. The van der Waals surface area contributed by atoms with Crippen LogP contribution in [0, 0.1) is 0 Å². The molecule has 2 aromatic carbocycles. The Morgan fingerprint density at radius 2 is 1.86 bits per heavy atom. The second-order valence-corrected chi connectivity index (χ2v) is 10.2. The fraction of sp³-hybridized carbons (Fsp3) is 0.208. The first-order chi connectivity index (χ1) is 17.3. The molecular formula is C24H21F3N4O3S2. The Morgan fingerprint density at radius 1 is 1.08 bits per heavy atom. The topological polar surface area (TPSA) is 89.0 Å². The Hall–Kier alpha value is -3.22. The molecule has 0 saturated carbocycles. The number of aromatic nitrogens is 4. The second-order valence-electron chi connectivity index (χ2n) is 7.51. The molecule has 0 aliphatic heterocycles. The predicted octanol–water partition coefficient (Wildman–Crippen LogP) is 5.58. The van der Waals surface area contributed by atoms with E-state index >= 15 is 0 Å². The molecule has 4 aromatic rings. The average molecular weight is 535 g/mol. The second kappa shape index (κ2) is 12.2. The standard InChI is InChI=1S/C24H21F3N4O3S2/c25-24(26,27)35-22-8-3-18(4-9-22)5-10-23-29-20(16-34-23)15-33-21-6-1-19(2-7-21)17-36(32)14-13-31-12-11-28-30-31/h1-12,16H,13-15,17H2. The van der Waals surface area contributed by atoms with E-state index in [2.05, 4.69) is 15.3 Å². The minimum Gasteiger partial charge on any atom is -0.616 e. The van der Waals surface area contributed by atoms with E-state index in [-0.39, 0.29) is 23.3 Å². The summed E-state index contributed by atoms with van der Waals surface area (Å²) in [6, 6.07) is 13.4. The summed E-state index contributed by atoms with van der Waals surface area (Å²) in [5, 5.41) is 7.58. The van der Waals surface area contributed by atoms with Crippen LogP contribution in [-0.4, -0.2) is 35.8 Å². The summed E-state index contributed by atoms with van der Waals surface area (Å²) in [5.41, 5.74) is -2.06. The van der Waals surface area contributed by atoms with Crippen molar-refractivity contribution < 1.29 is 26.9 Å². The molecule has 0 fully saturated rings. The van der Waals surface area contributed by atoms with Gasteiger partial charge in [0.15, 0.2) is 0 Å². The van der Waals surface area contributed by atoms with Crippen LogP contribution >= 0.6 is 11.8 Å². The average Bonchev–Trinajstić information content (AvgIpc) is 3.53. The monoisotopic (exact) mass is 534 g/mol. The van der Waals surface area contributed by atoms with Crippen molar-refractivity contribution >= 4 is 35.1 Å². The molecule has 1 unspecified atom stereocenters. The van der Waals surface area contributed by atoms with Gasteiger partial charge in [0.1, 0.15) is 35.8 Å². The molecule has 4 rings (SSSR count). The zero-order valence-corrected chi connectivity index (χ0v) is 20.4. The van der Waals surface area contributed by atoms with E-state index in [9.17, 15) is 17.7 Å². The van der Waals surface area contributed by atoms with Crippen LogP contribution in [0.25, 0.3) is 12.2 Å². The van der Waals surface area contributed by atoms with E-state index in [1.54, 1.807) is 41.4 Å². The van der Waals surface area contributed by atoms with Crippen LogP contribution in [-0.2, 0) is 30.1 Å². The molecule has 0 bridgehead atoms. The van der Waals surface area contributed by atoms with E-state index in [0.717, 1.165) is 11.1 Å². The number of hydrogen-bond acceptors (Lipinski definition) is 7. The fourth-order valence-electron chi connectivity index (χ4n) is 3.06. The van der Waals surface area contributed by atoms with Gasteiger partial charge in [0.05, 0.1) is 12.7 Å². The van der Waals surface area contributed by atoms with Crippen LogP contribution in [0.2, 0.25) is 0 Å². The fourth-order valence-corrected chi connectivity index (χ4v) is 4.70. The van der Waals surface area contributed by atoms with Gasteiger partial charge in [-0.15, -0.1) is 5.10 Å². The quantitative estimate of drug-likeness (QED) is 0.183. The van der Waals surface area contributed by atoms with Crippen molar-refractivity contribution in [3.05, 3.63) is 89.9 Å². The number of nitrogens with zero attached hydrogens (tertiary/aromatic N) is 4. The molecule has 2 heterocycles. The Bertz CT molecular complexity index is 1250. The van der Waals surface area contributed by atoms with Gasteiger partial charge < -0.3 is 13.7 Å². The molecule has 188 valence electrons. The Labute approximate surface area is 212 Å². The van der Waals surface area contributed by atoms with Crippen molar-refractivity contribution in [3.8, 4) is 5.75 Å². The van der Waals surface area contributed by atoms with Gasteiger partial charge in [-0.2, -0.15) is 13.2 Å². The molecule has 0 aliphatic rings. The SMILES string of the molecule is [O-][S+](CCn1ccnn1)Cc1ccc(OCc2coc(C=Cc3ccc(SC(F)(F)F)cc3)n2)cc1. The van der Waals surface area contributed by atoms with Gasteiger partial charge in [-0.25, -0.2) is 9.67 Å². The van der Waals surface area contributed by atoms with Crippen molar-refractivity contribution in [2.45, 2.75) is 29.3 Å². The Balaban J connectivity index is 1.22. The van der Waals surface area contributed by atoms with E-state index < -0.39 is 16.7 Å². The molecular weight excluding hydrogens is 513 g/mol. The Kier molecular flexibility index (Phi) is 8.73. The highest BCUT2D eigenvalue weighted by Crippen LogP contribution is 2.36. The van der Waals surface area contributed by atoms with E-state index in [1.807, 2.05) is 24.3 Å². The largest absolute Gasteiger partial charge is 0.616 e. The summed E-state index contributed by atoms with van der Waals surface area (Å²) < 4.78 is 62.3. The zero-order chi connectivity index (χ0) is 25.4. The first-order valence-corrected chi connectivity index (χ1v) is 13.0. The third kappa shape index (κ3) is 8.47. The highest BCUT2D eigenvalue weighted by molar-refractivity contribution is 8.00. The number of aryl methyl sites for hydroxylation is 1. The third-order valence-corrected chi connectivity index (χ3v) is 6.79. The summed E-state index contributed by atoms with van der Waals surface area (Å²) >= 11 is -1.17. The first kappa shape index (κ1) is 25.9. The van der Waals surface area contributed by atoms with Crippen LogP contribution in [0.15, 0.2) is 76.5 Å². The number of benzene rings is 2. The lowest BCUT2D eigenvalue weighted by Crippen LogP contribution is -2.15. The summed E-state index contributed by atoms with van der Waals surface area (Å²) in [6.07, 6.45) is 8.14. The number of ether oxygens (including phenoxy) is 1. The highest BCUT2D eigenvalue weighted by Gasteiger charge is 2.28.